The number of hydrogen-bond acceptors (Lipinski definition) is 2. The summed E-state index contributed by atoms with van der Waals surface area (Å²) >= 11 is 0. The fraction of sp³-hybridized carbons (Fsp3) is 0.286. The topological polar surface area (TPSA) is 57.8 Å². The number of aryl methyl sites for hydroxylation is 1. The molecule has 2 N–H and O–H groups in total. The first-order chi connectivity index (χ1) is 9.90. The van der Waals surface area contributed by atoms with Crippen molar-refractivity contribution in [3.8, 4) is 0 Å². The maximum Gasteiger partial charge on any atom is 0.416 e. The Balaban J connectivity index is 2.01. The number of carbonyl (C=O) groups is 1. The molecule has 2 rings (SSSR count). The molecule has 0 saturated carbocycles. The molecule has 1 heterocycles. The van der Waals surface area contributed by atoms with Gasteiger partial charge < -0.3 is 5.32 Å². The number of H-pyrrole nitrogens is 1. The normalized spacial score (nSPS) is 11.4. The molecule has 0 radical (unpaired) electrons. The van der Waals surface area contributed by atoms with Crippen LogP contribution in [0.1, 0.15) is 34.2 Å². The fourth-order valence-electron chi connectivity index (χ4n) is 1.79. The number of benzene rings is 1. The second kappa shape index (κ2) is 5.99. The lowest BCUT2D eigenvalue weighted by molar-refractivity contribution is -0.137. The van der Waals surface area contributed by atoms with E-state index >= 15 is 0 Å². The van der Waals surface area contributed by atoms with E-state index in [1.165, 1.54) is 12.1 Å². The standard InChI is InChI=1S/C14H14F3N3O/c1-2-11-7-12(20-19-11)13(21)18-8-9-4-3-5-10(6-9)14(15,16)17/h3-7H,2,8H2,1H3,(H,18,21)(H,19,20). The van der Waals surface area contributed by atoms with Crippen LogP contribution in [0.3, 0.4) is 0 Å². The lowest BCUT2D eigenvalue weighted by Gasteiger charge is -2.09. The molecule has 0 aliphatic carbocycles. The highest BCUT2D eigenvalue weighted by atomic mass is 19.4. The van der Waals surface area contributed by atoms with Crippen LogP contribution in [-0.4, -0.2) is 16.1 Å². The predicted molar refractivity (Wildman–Crippen MR) is 70.6 cm³/mol. The van der Waals surface area contributed by atoms with Crippen molar-refractivity contribution in [3.05, 3.63) is 52.8 Å². The highest BCUT2D eigenvalue weighted by Gasteiger charge is 2.30. The summed E-state index contributed by atoms with van der Waals surface area (Å²) in [4.78, 5) is 11.8. The summed E-state index contributed by atoms with van der Waals surface area (Å²) < 4.78 is 37.7. The van der Waals surface area contributed by atoms with E-state index in [1.807, 2.05) is 6.92 Å². The van der Waals surface area contributed by atoms with E-state index in [1.54, 1.807) is 6.07 Å². The van der Waals surface area contributed by atoms with Crippen molar-refractivity contribution in [1.29, 1.82) is 0 Å². The Morgan fingerprint density at radius 3 is 2.71 bits per heavy atom. The van der Waals surface area contributed by atoms with Crippen LogP contribution in [0, 0.1) is 0 Å². The summed E-state index contributed by atoms with van der Waals surface area (Å²) in [6, 6.07) is 6.46. The number of aromatic amines is 1. The minimum Gasteiger partial charge on any atom is -0.347 e. The molecule has 112 valence electrons. The quantitative estimate of drug-likeness (QED) is 0.911. The fourth-order valence-corrected chi connectivity index (χ4v) is 1.79. The Hall–Kier alpha value is -2.31. The molecule has 0 atom stereocenters. The summed E-state index contributed by atoms with van der Waals surface area (Å²) in [5.74, 6) is -0.427. The van der Waals surface area contributed by atoms with Gasteiger partial charge in [0, 0.05) is 12.2 Å². The van der Waals surface area contributed by atoms with Crippen LogP contribution in [-0.2, 0) is 19.1 Å². The minimum absolute atomic E-state index is 0.0110. The van der Waals surface area contributed by atoms with Crippen molar-refractivity contribution in [1.82, 2.24) is 15.5 Å². The molecule has 0 aliphatic heterocycles. The largest absolute Gasteiger partial charge is 0.416 e. The van der Waals surface area contributed by atoms with Gasteiger partial charge in [0.15, 0.2) is 0 Å². The number of aromatic nitrogens is 2. The molecule has 0 fully saturated rings. The summed E-state index contributed by atoms with van der Waals surface area (Å²) in [5.41, 5.74) is 0.685. The molecule has 1 aromatic heterocycles. The van der Waals surface area contributed by atoms with E-state index in [-0.39, 0.29) is 12.2 Å². The van der Waals surface area contributed by atoms with Crippen LogP contribution in [0.4, 0.5) is 13.2 Å². The van der Waals surface area contributed by atoms with Crippen molar-refractivity contribution in [2.75, 3.05) is 0 Å². The molecule has 21 heavy (non-hydrogen) atoms. The number of amides is 1. The van der Waals surface area contributed by atoms with Crippen LogP contribution in [0.2, 0.25) is 0 Å². The van der Waals surface area contributed by atoms with Crippen molar-refractivity contribution in [3.63, 3.8) is 0 Å². The third-order valence-electron chi connectivity index (χ3n) is 2.95. The SMILES string of the molecule is CCc1cc(C(=O)NCc2cccc(C(F)(F)F)c2)n[nH]1. The summed E-state index contributed by atoms with van der Waals surface area (Å²) in [5, 5.41) is 9.09. The van der Waals surface area contributed by atoms with E-state index in [2.05, 4.69) is 15.5 Å². The monoisotopic (exact) mass is 297 g/mol. The van der Waals surface area contributed by atoms with Crippen molar-refractivity contribution >= 4 is 5.91 Å². The molecule has 1 aromatic carbocycles. The molecule has 7 heteroatoms. The second-order valence-corrected chi connectivity index (χ2v) is 4.51. The van der Waals surface area contributed by atoms with Gasteiger partial charge in [-0.15, -0.1) is 0 Å². The number of rotatable bonds is 4. The summed E-state index contributed by atoms with van der Waals surface area (Å²) in [6.45, 7) is 1.93. The average Bonchev–Trinajstić information content (AvgIpc) is 2.93. The molecule has 0 saturated heterocycles. The third kappa shape index (κ3) is 3.84. The maximum absolute atomic E-state index is 12.6. The Morgan fingerprint density at radius 2 is 2.10 bits per heavy atom. The van der Waals surface area contributed by atoms with Gasteiger partial charge in [0.05, 0.1) is 5.56 Å². The zero-order valence-electron chi connectivity index (χ0n) is 11.3. The van der Waals surface area contributed by atoms with Gasteiger partial charge in [0.1, 0.15) is 5.69 Å². The maximum atomic E-state index is 12.6. The lowest BCUT2D eigenvalue weighted by atomic mass is 10.1. The van der Waals surface area contributed by atoms with E-state index in [9.17, 15) is 18.0 Å². The number of halogens is 3. The molecule has 4 nitrogen and oxygen atoms in total. The first kappa shape index (κ1) is 15.1. The molecule has 2 aromatic rings. The van der Waals surface area contributed by atoms with E-state index < -0.39 is 17.6 Å². The third-order valence-corrected chi connectivity index (χ3v) is 2.95. The zero-order valence-corrected chi connectivity index (χ0v) is 11.3. The molecule has 0 aliphatic rings. The van der Waals surface area contributed by atoms with Crippen LogP contribution < -0.4 is 5.32 Å². The minimum atomic E-state index is -4.39. The van der Waals surface area contributed by atoms with Crippen LogP contribution in [0.25, 0.3) is 0 Å². The molecule has 1 amide bonds. The van der Waals surface area contributed by atoms with Gasteiger partial charge in [-0.05, 0) is 30.2 Å². The van der Waals surface area contributed by atoms with E-state index in [0.717, 1.165) is 17.8 Å². The summed E-state index contributed by atoms with van der Waals surface area (Å²) in [6.07, 6.45) is -3.67. The van der Waals surface area contributed by atoms with Crippen LogP contribution in [0.5, 0.6) is 0 Å². The van der Waals surface area contributed by atoms with Crippen molar-refractivity contribution in [2.45, 2.75) is 26.1 Å². The van der Waals surface area contributed by atoms with E-state index in [4.69, 9.17) is 0 Å². The second-order valence-electron chi connectivity index (χ2n) is 4.51. The highest BCUT2D eigenvalue weighted by Crippen LogP contribution is 2.29. The zero-order chi connectivity index (χ0) is 15.5. The molecule has 0 unspecified atom stereocenters. The Kier molecular flexibility index (Phi) is 4.30. The molecule has 0 spiro atoms. The molecular formula is C14H14F3N3O. The van der Waals surface area contributed by atoms with Crippen molar-refractivity contribution < 1.29 is 18.0 Å². The van der Waals surface area contributed by atoms with Gasteiger partial charge in [-0.2, -0.15) is 18.3 Å². The summed E-state index contributed by atoms with van der Waals surface area (Å²) in [7, 11) is 0. The number of nitrogens with one attached hydrogen (secondary N) is 2. The van der Waals surface area contributed by atoms with E-state index in [0.29, 0.717) is 12.0 Å². The molecule has 0 bridgehead atoms. The average molecular weight is 297 g/mol. The first-order valence-corrected chi connectivity index (χ1v) is 6.38. The smallest absolute Gasteiger partial charge is 0.347 e. The van der Waals surface area contributed by atoms with Crippen LogP contribution >= 0.6 is 0 Å². The Labute approximate surface area is 119 Å². The van der Waals surface area contributed by atoms with Gasteiger partial charge in [-0.3, -0.25) is 9.89 Å². The lowest BCUT2D eigenvalue weighted by Crippen LogP contribution is -2.23. The van der Waals surface area contributed by atoms with Gasteiger partial charge in [-0.1, -0.05) is 19.1 Å². The predicted octanol–water partition coefficient (Wildman–Crippen LogP) is 2.92. The van der Waals surface area contributed by atoms with Gasteiger partial charge in [0.2, 0.25) is 0 Å². The number of nitrogens with zero attached hydrogens (tertiary/aromatic N) is 1. The Bertz CT molecular complexity index is 634. The van der Waals surface area contributed by atoms with Gasteiger partial charge in [-0.25, -0.2) is 0 Å². The Morgan fingerprint density at radius 1 is 1.33 bits per heavy atom. The van der Waals surface area contributed by atoms with Crippen LogP contribution in [0.15, 0.2) is 30.3 Å². The number of carbonyl (C=O) groups excluding carboxylic acids is 1. The number of alkyl halides is 3. The highest BCUT2D eigenvalue weighted by molar-refractivity contribution is 5.92. The van der Waals surface area contributed by atoms with Gasteiger partial charge >= 0.3 is 6.18 Å². The molecular weight excluding hydrogens is 283 g/mol. The van der Waals surface area contributed by atoms with Crippen molar-refractivity contribution in [2.24, 2.45) is 0 Å². The number of hydrogen-bond donors (Lipinski definition) is 2. The first-order valence-electron chi connectivity index (χ1n) is 6.38. The van der Waals surface area contributed by atoms with Gasteiger partial charge in [0.25, 0.3) is 5.91 Å².